The van der Waals surface area contributed by atoms with Crippen molar-refractivity contribution in [3.63, 3.8) is 0 Å². The number of aromatic nitrogens is 3. The molecule has 0 amide bonds. The van der Waals surface area contributed by atoms with Gasteiger partial charge in [0, 0.05) is 28.3 Å². The molecule has 0 bridgehead atoms. The van der Waals surface area contributed by atoms with Gasteiger partial charge in [-0.3, -0.25) is 9.78 Å². The van der Waals surface area contributed by atoms with Crippen LogP contribution in [0.2, 0.25) is 0 Å². The number of hydrogen-bond donors (Lipinski definition) is 0. The highest BCUT2D eigenvalue weighted by atomic mass is 19.1. The first-order valence-corrected chi connectivity index (χ1v) is 11.9. The number of carbonyl (C=O) groups is 1. The zero-order valence-electron chi connectivity index (χ0n) is 20.1. The summed E-state index contributed by atoms with van der Waals surface area (Å²) in [5.41, 5.74) is 3.51. The molecule has 1 atom stereocenters. The van der Waals surface area contributed by atoms with Gasteiger partial charge >= 0.3 is 0 Å². The van der Waals surface area contributed by atoms with E-state index in [0.717, 1.165) is 11.1 Å². The highest BCUT2D eigenvalue weighted by Gasteiger charge is 2.43. The molecule has 5 nitrogen and oxygen atoms in total. The lowest BCUT2D eigenvalue weighted by atomic mass is 9.64. The number of fused-ring (bicyclic) bond motifs is 4. The Morgan fingerprint density at radius 2 is 1.76 bits per heavy atom. The van der Waals surface area contributed by atoms with E-state index in [1.807, 2.05) is 13.0 Å². The molecule has 0 radical (unpaired) electrons. The molecule has 0 spiro atoms. The predicted octanol–water partition coefficient (Wildman–Crippen LogP) is 6.19. The van der Waals surface area contributed by atoms with Crippen LogP contribution in [-0.2, 0) is 16.6 Å². The van der Waals surface area contributed by atoms with E-state index in [1.165, 1.54) is 18.3 Å². The Bertz CT molecular complexity index is 1770. The average molecular weight is 491 g/mol. The molecule has 6 rings (SSSR count). The number of allylic oxidation sites excluding steroid dienone is 4. The maximum Gasteiger partial charge on any atom is 0.198 e. The third-order valence-corrected chi connectivity index (χ3v) is 7.43. The number of halogens is 2. The number of benzene rings is 2. The summed E-state index contributed by atoms with van der Waals surface area (Å²) >= 11 is 0. The van der Waals surface area contributed by atoms with Crippen LogP contribution in [0.1, 0.15) is 31.5 Å². The molecule has 180 valence electrons. The zero-order valence-corrected chi connectivity index (χ0v) is 20.1. The fourth-order valence-corrected chi connectivity index (χ4v) is 5.64. The number of rotatable bonds is 2. The van der Waals surface area contributed by atoms with Gasteiger partial charge < -0.3 is 0 Å². The van der Waals surface area contributed by atoms with Gasteiger partial charge in [0.05, 0.1) is 22.4 Å². The third kappa shape index (κ3) is 3.33. The second-order valence-electron chi connectivity index (χ2n) is 9.50. The van der Waals surface area contributed by atoms with Gasteiger partial charge in [0.1, 0.15) is 23.2 Å². The molecular weight excluding hydrogens is 470 g/mol. The van der Waals surface area contributed by atoms with E-state index in [9.17, 15) is 14.4 Å². The summed E-state index contributed by atoms with van der Waals surface area (Å²) in [6.45, 7) is 3.67. The predicted molar refractivity (Wildman–Crippen MR) is 135 cm³/mol. The minimum atomic E-state index is -0.859. The van der Waals surface area contributed by atoms with Crippen LogP contribution < -0.4 is 0 Å². The minimum Gasteiger partial charge on any atom is -0.288 e. The minimum absolute atomic E-state index is 0.0561. The van der Waals surface area contributed by atoms with Crippen molar-refractivity contribution in [1.82, 2.24) is 15.0 Å². The highest BCUT2D eigenvalue weighted by Crippen LogP contribution is 2.49. The summed E-state index contributed by atoms with van der Waals surface area (Å²) < 4.78 is 29.7. The summed E-state index contributed by atoms with van der Waals surface area (Å²) in [5.74, 6) is -0.877. The van der Waals surface area contributed by atoms with Crippen molar-refractivity contribution in [2.75, 3.05) is 0 Å². The molecule has 0 saturated heterocycles. The van der Waals surface area contributed by atoms with Crippen LogP contribution in [0.25, 0.3) is 33.5 Å². The van der Waals surface area contributed by atoms with E-state index in [4.69, 9.17) is 9.97 Å². The molecule has 7 heteroatoms. The molecule has 2 aromatic carbocycles. The lowest BCUT2D eigenvalue weighted by Gasteiger charge is -2.39. The summed E-state index contributed by atoms with van der Waals surface area (Å²) in [6.07, 6.45) is 4.23. The molecule has 2 aliphatic carbocycles. The molecule has 2 aliphatic rings. The molecule has 4 aromatic rings. The van der Waals surface area contributed by atoms with E-state index in [-0.39, 0.29) is 16.9 Å². The molecule has 0 unspecified atom stereocenters. The number of nitriles is 1. The summed E-state index contributed by atoms with van der Waals surface area (Å²) in [4.78, 5) is 26.8. The zero-order chi connectivity index (χ0) is 25.9. The van der Waals surface area contributed by atoms with Crippen LogP contribution >= 0.6 is 0 Å². The van der Waals surface area contributed by atoms with Crippen molar-refractivity contribution in [3.05, 3.63) is 100 Å². The lowest BCUT2D eigenvalue weighted by molar-refractivity contribution is -0.112. The number of para-hydroxylation sites is 1. The van der Waals surface area contributed by atoms with Crippen LogP contribution in [0.5, 0.6) is 0 Å². The highest BCUT2D eigenvalue weighted by molar-refractivity contribution is 6.12. The van der Waals surface area contributed by atoms with Gasteiger partial charge in [0.2, 0.25) is 0 Å². The Morgan fingerprint density at radius 1 is 0.973 bits per heavy atom. The number of carbonyl (C=O) groups excluding carboxylic acids is 1. The fourth-order valence-electron chi connectivity index (χ4n) is 5.64. The Balaban J connectivity index is 1.72. The Hall–Kier alpha value is -4.57. The van der Waals surface area contributed by atoms with E-state index >= 15 is 4.39 Å². The first kappa shape index (κ1) is 22.9. The standard InChI is InChI=1S/C30H20F2N4O/c1-16-22-11-10-21-25(20-6-3-4-8-23(20)31)35-29(19-12-13-34-26-18(19)7-5-9-24(26)32)36-28(21)30(22,2)14-17(15-33)27(16)37/h3-9,12-14H,10-11H2,1-2H3/t30-/m1/s1. The van der Waals surface area contributed by atoms with Gasteiger partial charge in [-0.2, -0.15) is 5.26 Å². The third-order valence-electron chi connectivity index (χ3n) is 7.43. The topological polar surface area (TPSA) is 79.5 Å². The van der Waals surface area contributed by atoms with Crippen molar-refractivity contribution in [2.45, 2.75) is 32.1 Å². The SMILES string of the molecule is CC1=C2CCc3c(-c4ccccc4F)nc(-c4ccnc5c(F)cccc45)nc3[C@]2(C)C=C(C#N)C1=O. The van der Waals surface area contributed by atoms with Gasteiger partial charge in [-0.1, -0.05) is 24.3 Å². The molecular formula is C30H20F2N4O. The van der Waals surface area contributed by atoms with E-state index < -0.39 is 17.0 Å². The number of Topliss-reactive ketones (excluding diaryl/α,β-unsaturated/α-hetero) is 1. The second-order valence-corrected chi connectivity index (χ2v) is 9.50. The van der Waals surface area contributed by atoms with Gasteiger partial charge in [0.25, 0.3) is 0 Å². The average Bonchev–Trinajstić information content (AvgIpc) is 2.90. The van der Waals surface area contributed by atoms with Gasteiger partial charge in [-0.15, -0.1) is 0 Å². The van der Waals surface area contributed by atoms with Crippen molar-refractivity contribution in [2.24, 2.45) is 0 Å². The molecule has 2 heterocycles. The normalized spacial score (nSPS) is 18.8. The van der Waals surface area contributed by atoms with Crippen LogP contribution in [0.15, 0.2) is 77.5 Å². The molecule has 2 aromatic heterocycles. The van der Waals surface area contributed by atoms with Crippen LogP contribution in [0.4, 0.5) is 8.78 Å². The Labute approximate surface area is 211 Å². The first-order chi connectivity index (χ1) is 17.8. The fraction of sp³-hybridized carbons (Fsp3) is 0.167. The quantitative estimate of drug-likeness (QED) is 0.335. The van der Waals surface area contributed by atoms with E-state index in [2.05, 4.69) is 4.98 Å². The maximum atomic E-state index is 15.1. The summed E-state index contributed by atoms with van der Waals surface area (Å²) in [7, 11) is 0. The van der Waals surface area contributed by atoms with E-state index in [1.54, 1.807) is 49.4 Å². The molecule has 0 saturated carbocycles. The van der Waals surface area contributed by atoms with Crippen molar-refractivity contribution in [1.29, 1.82) is 5.26 Å². The lowest BCUT2D eigenvalue weighted by Crippen LogP contribution is -2.36. The smallest absolute Gasteiger partial charge is 0.198 e. The van der Waals surface area contributed by atoms with Crippen LogP contribution in [0, 0.1) is 23.0 Å². The summed E-state index contributed by atoms with van der Waals surface area (Å²) in [6, 6.07) is 14.8. The molecule has 0 fully saturated rings. The monoisotopic (exact) mass is 490 g/mol. The molecule has 37 heavy (non-hydrogen) atoms. The molecule has 0 aliphatic heterocycles. The van der Waals surface area contributed by atoms with Crippen molar-refractivity contribution >= 4 is 16.7 Å². The van der Waals surface area contributed by atoms with Crippen LogP contribution in [0.3, 0.4) is 0 Å². The first-order valence-electron chi connectivity index (χ1n) is 11.9. The summed E-state index contributed by atoms with van der Waals surface area (Å²) in [5, 5.41) is 10.2. The largest absolute Gasteiger partial charge is 0.288 e. The Kier molecular flexibility index (Phi) is 5.09. The number of hydrogen-bond acceptors (Lipinski definition) is 5. The van der Waals surface area contributed by atoms with Gasteiger partial charge in [0.15, 0.2) is 11.6 Å². The van der Waals surface area contributed by atoms with Gasteiger partial charge in [-0.25, -0.2) is 18.7 Å². The number of ketones is 1. The number of pyridine rings is 1. The van der Waals surface area contributed by atoms with E-state index in [0.29, 0.717) is 52.1 Å². The van der Waals surface area contributed by atoms with Crippen molar-refractivity contribution in [3.8, 4) is 28.7 Å². The second kappa shape index (κ2) is 8.24. The maximum absolute atomic E-state index is 15.1. The van der Waals surface area contributed by atoms with Crippen LogP contribution in [-0.4, -0.2) is 20.7 Å². The molecule has 0 N–H and O–H groups in total. The Morgan fingerprint density at radius 3 is 2.54 bits per heavy atom. The van der Waals surface area contributed by atoms with Crippen molar-refractivity contribution < 1.29 is 13.6 Å². The number of nitrogens with zero attached hydrogens (tertiary/aromatic N) is 4. The van der Waals surface area contributed by atoms with Gasteiger partial charge in [-0.05, 0) is 68.2 Å².